The van der Waals surface area contributed by atoms with E-state index in [4.69, 9.17) is 23.2 Å². The largest absolute Gasteiger partial charge is 0.352 e. The van der Waals surface area contributed by atoms with Crippen molar-refractivity contribution in [3.05, 3.63) is 72.8 Å². The second-order valence-electron chi connectivity index (χ2n) is 7.23. The molecule has 0 fully saturated rings. The number of benzene rings is 2. The van der Waals surface area contributed by atoms with E-state index in [0.717, 1.165) is 10.2 Å². The molecule has 0 aliphatic heterocycles. The van der Waals surface area contributed by atoms with E-state index in [9.17, 15) is 14.4 Å². The molecule has 0 aliphatic carbocycles. The molecule has 0 aliphatic rings. The highest BCUT2D eigenvalue weighted by Crippen LogP contribution is 2.22. The molecular formula is C21H19Cl2N5O3. The molecule has 31 heavy (non-hydrogen) atoms. The van der Waals surface area contributed by atoms with Gasteiger partial charge in [0.1, 0.15) is 6.54 Å². The van der Waals surface area contributed by atoms with Crippen molar-refractivity contribution in [2.24, 2.45) is 0 Å². The number of halogens is 2. The number of amides is 1. The molecule has 0 bridgehead atoms. The maximum Gasteiger partial charge on any atom is 0.352 e. The van der Waals surface area contributed by atoms with Crippen LogP contribution in [0, 0.1) is 6.92 Å². The number of nitrogens with zero attached hydrogens (tertiary/aromatic N) is 4. The molecule has 1 N–H and O–H groups in total. The van der Waals surface area contributed by atoms with Crippen molar-refractivity contribution in [3.8, 4) is 0 Å². The van der Waals surface area contributed by atoms with Crippen LogP contribution >= 0.6 is 23.2 Å². The Kier molecular flexibility index (Phi) is 5.60. The first-order chi connectivity index (χ1) is 14.8. The minimum atomic E-state index is -0.544. The minimum absolute atomic E-state index is 0.160. The Bertz CT molecular complexity index is 1450. The van der Waals surface area contributed by atoms with Gasteiger partial charge in [-0.05, 0) is 49.2 Å². The van der Waals surface area contributed by atoms with Gasteiger partial charge < -0.3 is 5.32 Å². The van der Waals surface area contributed by atoms with Gasteiger partial charge in [0.05, 0.1) is 21.6 Å². The molecule has 2 aromatic heterocycles. The molecule has 2 heterocycles. The Labute approximate surface area is 186 Å². The van der Waals surface area contributed by atoms with E-state index < -0.39 is 11.6 Å². The molecule has 4 aromatic rings. The van der Waals surface area contributed by atoms with E-state index in [2.05, 4.69) is 10.4 Å². The van der Waals surface area contributed by atoms with Crippen LogP contribution in [-0.4, -0.2) is 24.7 Å². The number of nitrogens with one attached hydrogen (secondary N) is 1. The van der Waals surface area contributed by atoms with E-state index in [0.29, 0.717) is 39.6 Å². The van der Waals surface area contributed by atoms with E-state index in [1.165, 1.54) is 8.97 Å². The highest BCUT2D eigenvalue weighted by Gasteiger charge is 2.19. The Balaban J connectivity index is 1.81. The average molecular weight is 460 g/mol. The number of aromatic nitrogens is 4. The maximum atomic E-state index is 13.1. The molecule has 8 nitrogen and oxygen atoms in total. The van der Waals surface area contributed by atoms with Gasteiger partial charge in [-0.3, -0.25) is 14.2 Å². The predicted octanol–water partition coefficient (Wildman–Crippen LogP) is 3.47. The highest BCUT2D eigenvalue weighted by molar-refractivity contribution is 6.33. The van der Waals surface area contributed by atoms with Crippen LogP contribution in [0.2, 0.25) is 10.0 Å². The van der Waals surface area contributed by atoms with Crippen LogP contribution in [-0.2, 0) is 17.9 Å². The molecule has 4 rings (SSSR count). The smallest absolute Gasteiger partial charge is 0.323 e. The fourth-order valence-electron chi connectivity index (χ4n) is 3.46. The van der Waals surface area contributed by atoms with Crippen molar-refractivity contribution in [2.75, 3.05) is 5.32 Å². The summed E-state index contributed by atoms with van der Waals surface area (Å²) >= 11 is 12.3. The predicted molar refractivity (Wildman–Crippen MR) is 121 cm³/mol. The summed E-state index contributed by atoms with van der Waals surface area (Å²) in [6.45, 7) is 3.85. The van der Waals surface area contributed by atoms with Crippen LogP contribution in [0.3, 0.4) is 0 Å². The molecule has 0 spiro atoms. The Hall–Kier alpha value is -3.10. The summed E-state index contributed by atoms with van der Waals surface area (Å²) in [6.07, 6.45) is 0.669. The zero-order chi connectivity index (χ0) is 22.3. The van der Waals surface area contributed by atoms with Crippen LogP contribution in [0.5, 0.6) is 0 Å². The molecule has 0 unspecified atom stereocenters. The fourth-order valence-corrected chi connectivity index (χ4v) is 3.91. The van der Waals surface area contributed by atoms with Crippen LogP contribution < -0.4 is 16.6 Å². The summed E-state index contributed by atoms with van der Waals surface area (Å²) in [4.78, 5) is 38.6. The summed E-state index contributed by atoms with van der Waals surface area (Å²) in [5, 5.41) is 8.10. The molecule has 1 amide bonds. The van der Waals surface area contributed by atoms with Crippen LogP contribution in [0.4, 0.5) is 5.69 Å². The first kappa shape index (κ1) is 21.1. The first-order valence-electron chi connectivity index (χ1n) is 9.67. The Morgan fingerprint density at radius 2 is 1.90 bits per heavy atom. The number of anilines is 1. The number of aryl methyl sites for hydroxylation is 2. The minimum Gasteiger partial charge on any atom is -0.323 e. The third-order valence-electron chi connectivity index (χ3n) is 4.88. The van der Waals surface area contributed by atoms with E-state index in [-0.39, 0.29) is 17.9 Å². The second kappa shape index (κ2) is 8.20. The third-order valence-corrected chi connectivity index (χ3v) is 5.43. The normalized spacial score (nSPS) is 11.4. The summed E-state index contributed by atoms with van der Waals surface area (Å²) in [6, 6.07) is 9.96. The van der Waals surface area contributed by atoms with Crippen molar-refractivity contribution in [1.82, 2.24) is 18.7 Å². The lowest BCUT2D eigenvalue weighted by Gasteiger charge is -2.08. The zero-order valence-corrected chi connectivity index (χ0v) is 18.4. The third kappa shape index (κ3) is 3.84. The molecule has 0 saturated carbocycles. The number of carbonyl (C=O) groups excluding carboxylic acids is 1. The van der Waals surface area contributed by atoms with Crippen molar-refractivity contribution in [3.63, 3.8) is 0 Å². The quantitative estimate of drug-likeness (QED) is 0.494. The van der Waals surface area contributed by atoms with Gasteiger partial charge in [0, 0.05) is 11.6 Å². The number of fused-ring (bicyclic) bond motifs is 3. The van der Waals surface area contributed by atoms with Crippen LogP contribution in [0.15, 0.2) is 46.0 Å². The first-order valence-corrected chi connectivity index (χ1v) is 10.4. The lowest BCUT2D eigenvalue weighted by atomic mass is 10.2. The maximum absolute atomic E-state index is 13.1. The number of rotatable bonds is 5. The molecule has 0 radical (unpaired) electrons. The SMILES string of the molecule is CCCn1c(=O)c2ccc(Cl)cc2n2c(=O)n(CC(=O)Nc3ccc(C)cc3Cl)nc12. The zero-order valence-electron chi connectivity index (χ0n) is 16.9. The van der Waals surface area contributed by atoms with Crippen molar-refractivity contribution in [1.29, 1.82) is 0 Å². The van der Waals surface area contributed by atoms with Gasteiger partial charge >= 0.3 is 5.69 Å². The number of hydrogen-bond acceptors (Lipinski definition) is 4. The summed E-state index contributed by atoms with van der Waals surface area (Å²) < 4.78 is 3.77. The van der Waals surface area contributed by atoms with Crippen molar-refractivity contribution >= 4 is 51.5 Å². The van der Waals surface area contributed by atoms with Crippen LogP contribution in [0.1, 0.15) is 18.9 Å². The topological polar surface area (TPSA) is 90.4 Å². The summed E-state index contributed by atoms with van der Waals surface area (Å²) in [5.74, 6) is -0.309. The van der Waals surface area contributed by atoms with E-state index in [1.54, 1.807) is 30.3 Å². The molecule has 0 atom stereocenters. The fraction of sp³-hybridized carbons (Fsp3) is 0.238. The van der Waals surface area contributed by atoms with Crippen LogP contribution in [0.25, 0.3) is 16.7 Å². The van der Waals surface area contributed by atoms with Gasteiger partial charge in [0.25, 0.3) is 5.56 Å². The Morgan fingerprint density at radius 3 is 2.61 bits per heavy atom. The Morgan fingerprint density at radius 1 is 1.13 bits per heavy atom. The monoisotopic (exact) mass is 459 g/mol. The van der Waals surface area contributed by atoms with Gasteiger partial charge in [-0.15, -0.1) is 5.10 Å². The summed E-state index contributed by atoms with van der Waals surface area (Å²) in [5.41, 5.74) is 0.928. The van der Waals surface area contributed by atoms with Gasteiger partial charge in [-0.25, -0.2) is 13.9 Å². The number of carbonyl (C=O) groups is 1. The lowest BCUT2D eigenvalue weighted by molar-refractivity contribution is -0.117. The molecular weight excluding hydrogens is 441 g/mol. The molecule has 10 heteroatoms. The van der Waals surface area contributed by atoms with Crippen molar-refractivity contribution < 1.29 is 4.79 Å². The standard InChI is InChI=1S/C21H19Cl2N5O3/c1-3-8-26-19(30)14-6-5-13(22)10-17(14)28-20(26)25-27(21(28)31)11-18(29)24-16-7-4-12(2)9-15(16)23/h4-7,9-10H,3,8,11H2,1-2H3,(H,24,29). The lowest BCUT2D eigenvalue weighted by Crippen LogP contribution is -2.29. The highest BCUT2D eigenvalue weighted by atomic mass is 35.5. The van der Waals surface area contributed by atoms with Crippen molar-refractivity contribution in [2.45, 2.75) is 33.4 Å². The van der Waals surface area contributed by atoms with E-state index >= 15 is 0 Å². The number of hydrogen-bond donors (Lipinski definition) is 1. The molecule has 0 saturated heterocycles. The molecule has 2 aromatic carbocycles. The average Bonchev–Trinajstić information content (AvgIpc) is 3.03. The van der Waals surface area contributed by atoms with Gasteiger partial charge in [0.15, 0.2) is 0 Å². The molecule has 160 valence electrons. The second-order valence-corrected chi connectivity index (χ2v) is 8.07. The van der Waals surface area contributed by atoms with Gasteiger partial charge in [-0.1, -0.05) is 36.2 Å². The van der Waals surface area contributed by atoms with E-state index in [1.807, 2.05) is 19.9 Å². The van der Waals surface area contributed by atoms with Gasteiger partial charge in [0.2, 0.25) is 11.7 Å². The summed E-state index contributed by atoms with van der Waals surface area (Å²) in [7, 11) is 0. The van der Waals surface area contributed by atoms with Gasteiger partial charge in [-0.2, -0.15) is 0 Å².